The van der Waals surface area contributed by atoms with Crippen LogP contribution in [-0.2, 0) is 6.18 Å². The summed E-state index contributed by atoms with van der Waals surface area (Å²) in [4.78, 5) is 2.87. The first-order valence-electron chi connectivity index (χ1n) is 4.18. The summed E-state index contributed by atoms with van der Waals surface area (Å²) in [6.07, 6.45) is -4.40. The Bertz CT molecular complexity index is 490. The van der Waals surface area contributed by atoms with E-state index >= 15 is 0 Å². The lowest BCUT2D eigenvalue weighted by atomic mass is 10.1. The van der Waals surface area contributed by atoms with Crippen molar-refractivity contribution < 1.29 is 13.2 Å². The van der Waals surface area contributed by atoms with Crippen molar-refractivity contribution in [3.63, 3.8) is 0 Å². The van der Waals surface area contributed by atoms with E-state index in [0.717, 1.165) is 0 Å². The molecule has 83 valence electrons. The lowest BCUT2D eigenvalue weighted by Gasteiger charge is -2.06. The first-order chi connectivity index (χ1) is 7.48. The molecule has 0 aliphatic rings. The maximum absolute atomic E-state index is 12.6. The quantitative estimate of drug-likeness (QED) is 0.747. The minimum atomic E-state index is -4.40. The average Bonchev–Trinajstić information content (AvgIpc) is 2.66. The molecule has 0 amide bonds. The molecule has 6 heteroatoms. The third-order valence-electron chi connectivity index (χ3n) is 1.90. The van der Waals surface area contributed by atoms with Crippen molar-refractivity contribution in [1.82, 2.24) is 4.98 Å². The summed E-state index contributed by atoms with van der Waals surface area (Å²) >= 11 is 6.12. The fourth-order valence-electron chi connectivity index (χ4n) is 1.21. The van der Waals surface area contributed by atoms with Crippen LogP contribution in [0.1, 0.15) is 4.88 Å². The van der Waals surface area contributed by atoms with E-state index in [2.05, 4.69) is 10.5 Å². The molecule has 2 aromatic rings. The number of nitrogens with zero attached hydrogens (tertiary/aromatic N) is 1. The van der Waals surface area contributed by atoms with E-state index in [-0.39, 0.29) is 5.69 Å². The van der Waals surface area contributed by atoms with Crippen LogP contribution < -0.4 is 0 Å². The van der Waals surface area contributed by atoms with Crippen molar-refractivity contribution in [1.29, 1.82) is 0 Å². The van der Waals surface area contributed by atoms with Gasteiger partial charge < -0.3 is 0 Å². The smallest absolute Gasteiger partial charge is 0.233 e. The molecule has 1 aromatic carbocycles. The monoisotopic (exact) mass is 262 g/mol. The van der Waals surface area contributed by atoms with Crippen LogP contribution in [0.4, 0.5) is 13.2 Å². The number of halogens is 4. The molecule has 0 fully saturated rings. The van der Waals surface area contributed by atoms with Gasteiger partial charge in [-0.05, 0) is 12.1 Å². The highest BCUT2D eigenvalue weighted by atomic mass is 35.5. The Kier molecular flexibility index (Phi) is 2.90. The van der Waals surface area contributed by atoms with Gasteiger partial charge in [-0.1, -0.05) is 23.7 Å². The highest BCUT2D eigenvalue weighted by molar-refractivity contribution is 7.09. The molecule has 0 aliphatic carbocycles. The minimum Gasteiger partial charge on any atom is -0.233 e. The molecule has 0 spiro atoms. The van der Waals surface area contributed by atoms with Gasteiger partial charge in [0, 0.05) is 10.6 Å². The first kappa shape index (κ1) is 11.4. The Morgan fingerprint density at radius 3 is 2.38 bits per heavy atom. The van der Waals surface area contributed by atoms with Gasteiger partial charge >= 0.3 is 6.18 Å². The van der Waals surface area contributed by atoms with Crippen LogP contribution in [0.15, 0.2) is 24.3 Å². The second-order valence-electron chi connectivity index (χ2n) is 2.99. The molecule has 16 heavy (non-hydrogen) atoms. The minimum absolute atomic E-state index is 0.103. The number of alkyl halides is 3. The predicted octanol–water partition coefficient (Wildman–Crippen LogP) is 4.28. The number of hydrogen-bond acceptors (Lipinski definition) is 2. The van der Waals surface area contributed by atoms with E-state index in [9.17, 15) is 13.2 Å². The molecule has 0 atom stereocenters. The maximum atomic E-state index is 12.6. The fraction of sp³-hybridized carbons (Fsp3) is 0.100. The number of hydrogen-bond donors (Lipinski definition) is 0. The summed E-state index contributed by atoms with van der Waals surface area (Å²) in [6, 6.07) is 6.05. The number of aromatic nitrogens is 1. The predicted molar refractivity (Wildman–Crippen MR) is 56.4 cm³/mol. The van der Waals surface area contributed by atoms with E-state index in [1.54, 1.807) is 0 Å². The van der Waals surface area contributed by atoms with Gasteiger partial charge in [0.2, 0.25) is 0 Å². The highest BCUT2D eigenvalue weighted by Gasteiger charge is 2.36. The molecular weight excluding hydrogens is 259 g/mol. The highest BCUT2D eigenvalue weighted by Crippen LogP contribution is 2.39. The summed E-state index contributed by atoms with van der Waals surface area (Å²) in [5.41, 5.74) is 2.54. The van der Waals surface area contributed by atoms with Gasteiger partial charge in [-0.15, -0.1) is 11.3 Å². The number of rotatable bonds is 1. The second kappa shape index (κ2) is 4.07. The van der Waals surface area contributed by atoms with Crippen LogP contribution >= 0.6 is 22.9 Å². The Labute approximate surface area is 98.5 Å². The molecule has 0 N–H and O–H groups in total. The maximum Gasteiger partial charge on any atom is 0.427 e. The van der Waals surface area contributed by atoms with Crippen LogP contribution in [0.3, 0.4) is 0 Å². The third kappa shape index (κ3) is 2.20. The van der Waals surface area contributed by atoms with Gasteiger partial charge in [-0.2, -0.15) is 13.2 Å². The van der Waals surface area contributed by atoms with Gasteiger partial charge in [0.05, 0.1) is 5.69 Å². The van der Waals surface area contributed by atoms with Crippen molar-refractivity contribution >= 4 is 22.9 Å². The average molecular weight is 263 g/mol. The van der Waals surface area contributed by atoms with Crippen molar-refractivity contribution in [3.8, 4) is 11.3 Å². The Morgan fingerprint density at radius 2 is 1.81 bits per heavy atom. The number of benzene rings is 1. The van der Waals surface area contributed by atoms with Crippen LogP contribution in [-0.4, -0.2) is 4.98 Å². The third-order valence-corrected chi connectivity index (χ3v) is 2.96. The summed E-state index contributed by atoms with van der Waals surface area (Å²) in [5, 5.41) is 0.469. The van der Waals surface area contributed by atoms with E-state index in [1.807, 2.05) is 0 Å². The summed E-state index contributed by atoms with van der Waals surface area (Å²) < 4.78 is 37.7. The van der Waals surface area contributed by atoms with E-state index in [4.69, 9.17) is 11.6 Å². The van der Waals surface area contributed by atoms with Crippen molar-refractivity contribution in [2.24, 2.45) is 0 Å². The summed E-state index contributed by atoms with van der Waals surface area (Å²) in [6.45, 7) is 0. The van der Waals surface area contributed by atoms with Gasteiger partial charge in [0.1, 0.15) is 4.88 Å². The molecule has 1 heterocycles. The van der Waals surface area contributed by atoms with Crippen LogP contribution in [0.2, 0.25) is 5.02 Å². The van der Waals surface area contributed by atoms with Crippen molar-refractivity contribution in [2.75, 3.05) is 0 Å². The van der Waals surface area contributed by atoms with Gasteiger partial charge in [0.15, 0.2) is 5.51 Å². The van der Waals surface area contributed by atoms with Crippen molar-refractivity contribution in [3.05, 3.63) is 39.7 Å². The zero-order chi connectivity index (χ0) is 11.8. The fourth-order valence-corrected chi connectivity index (χ4v) is 1.94. The first-order valence-corrected chi connectivity index (χ1v) is 5.38. The van der Waals surface area contributed by atoms with E-state index < -0.39 is 11.1 Å². The molecule has 0 bridgehead atoms. The zero-order valence-corrected chi connectivity index (χ0v) is 9.25. The molecule has 1 nitrogen and oxygen atoms in total. The number of thiazole rings is 1. The van der Waals surface area contributed by atoms with E-state index in [0.29, 0.717) is 21.9 Å². The zero-order valence-electron chi connectivity index (χ0n) is 7.68. The normalized spacial score (nSPS) is 11.8. The molecule has 0 unspecified atom stereocenters. The topological polar surface area (TPSA) is 12.9 Å². The lowest BCUT2D eigenvalue weighted by molar-refractivity contribution is -0.134. The summed E-state index contributed by atoms with van der Waals surface area (Å²) in [7, 11) is 0. The molecule has 0 saturated carbocycles. The molecular formula is C10H4ClF3NS. The SMILES string of the molecule is FC(F)(F)c1s[c]nc1-c1ccc(Cl)cc1. The van der Waals surface area contributed by atoms with Crippen LogP contribution in [0.25, 0.3) is 11.3 Å². The summed E-state index contributed by atoms with van der Waals surface area (Å²) in [5.74, 6) is 0. The molecule has 0 aliphatic heterocycles. The van der Waals surface area contributed by atoms with E-state index in [1.165, 1.54) is 24.3 Å². The lowest BCUT2D eigenvalue weighted by Crippen LogP contribution is -2.03. The Balaban J connectivity index is 2.49. The standard InChI is InChI=1S/C10H4ClF3NS/c11-7-3-1-6(2-4-7)8-9(10(12,13)14)16-5-15-8/h1-4H. The molecule has 2 rings (SSSR count). The Hall–Kier alpha value is -1.07. The Morgan fingerprint density at radius 1 is 1.19 bits per heavy atom. The van der Waals surface area contributed by atoms with Crippen LogP contribution in [0.5, 0.6) is 0 Å². The largest absolute Gasteiger partial charge is 0.427 e. The molecule has 1 aromatic heterocycles. The van der Waals surface area contributed by atoms with Crippen LogP contribution in [0, 0.1) is 5.51 Å². The second-order valence-corrected chi connectivity index (χ2v) is 4.22. The van der Waals surface area contributed by atoms with Crippen molar-refractivity contribution in [2.45, 2.75) is 6.18 Å². The molecule has 0 saturated heterocycles. The van der Waals surface area contributed by atoms with Gasteiger partial charge in [-0.25, -0.2) is 4.98 Å². The van der Waals surface area contributed by atoms with Gasteiger partial charge in [-0.3, -0.25) is 0 Å². The molecule has 1 radical (unpaired) electrons. The van der Waals surface area contributed by atoms with Gasteiger partial charge in [0.25, 0.3) is 0 Å².